The standard InChI is InChI=1S/C17H20N2O2/c18-16(11-21-12-17(19)20)15-8-6-14(7-9-15)10-13-4-2-1-3-5-13/h1-9,16H,10-12,18H2,(H2,19,20). The summed E-state index contributed by atoms with van der Waals surface area (Å²) < 4.78 is 5.14. The average Bonchev–Trinajstić information content (AvgIpc) is 2.48. The zero-order valence-electron chi connectivity index (χ0n) is 11.9. The number of rotatable bonds is 7. The third kappa shape index (κ3) is 5.02. The Bertz CT molecular complexity index is 567. The molecule has 2 aromatic carbocycles. The summed E-state index contributed by atoms with van der Waals surface area (Å²) in [5.74, 6) is -0.486. The van der Waals surface area contributed by atoms with Crippen molar-refractivity contribution in [1.29, 1.82) is 0 Å². The summed E-state index contributed by atoms with van der Waals surface area (Å²) in [4.78, 5) is 10.6. The normalized spacial score (nSPS) is 12.0. The highest BCUT2D eigenvalue weighted by Gasteiger charge is 2.07. The van der Waals surface area contributed by atoms with Gasteiger partial charge in [0.1, 0.15) is 6.61 Å². The molecule has 0 spiro atoms. The minimum absolute atomic E-state index is 0.0974. The van der Waals surface area contributed by atoms with Crippen molar-refractivity contribution < 1.29 is 9.53 Å². The van der Waals surface area contributed by atoms with Gasteiger partial charge in [0.2, 0.25) is 5.91 Å². The van der Waals surface area contributed by atoms with Crippen LogP contribution in [0.3, 0.4) is 0 Å². The molecule has 1 atom stereocenters. The van der Waals surface area contributed by atoms with E-state index in [1.165, 1.54) is 11.1 Å². The highest BCUT2D eigenvalue weighted by Crippen LogP contribution is 2.15. The van der Waals surface area contributed by atoms with Crippen LogP contribution < -0.4 is 11.5 Å². The summed E-state index contributed by atoms with van der Waals surface area (Å²) in [5, 5.41) is 0. The van der Waals surface area contributed by atoms with Crippen LogP contribution in [0.1, 0.15) is 22.7 Å². The van der Waals surface area contributed by atoms with Crippen molar-refractivity contribution in [3.05, 3.63) is 71.3 Å². The molecule has 21 heavy (non-hydrogen) atoms. The Morgan fingerprint density at radius 3 is 2.24 bits per heavy atom. The number of ether oxygens (including phenoxy) is 1. The molecule has 0 bridgehead atoms. The fourth-order valence-electron chi connectivity index (χ4n) is 2.10. The van der Waals surface area contributed by atoms with E-state index in [0.29, 0.717) is 0 Å². The van der Waals surface area contributed by atoms with Gasteiger partial charge in [0.05, 0.1) is 12.6 Å². The zero-order valence-corrected chi connectivity index (χ0v) is 11.9. The number of nitrogens with two attached hydrogens (primary N) is 2. The summed E-state index contributed by atoms with van der Waals surface area (Å²) >= 11 is 0. The third-order valence-electron chi connectivity index (χ3n) is 3.20. The predicted molar refractivity (Wildman–Crippen MR) is 82.6 cm³/mol. The molecule has 0 aliphatic heterocycles. The van der Waals surface area contributed by atoms with E-state index >= 15 is 0 Å². The molecule has 1 amide bonds. The summed E-state index contributed by atoms with van der Waals surface area (Å²) in [6.45, 7) is 0.181. The number of carbonyl (C=O) groups is 1. The molecule has 0 fully saturated rings. The highest BCUT2D eigenvalue weighted by atomic mass is 16.5. The molecule has 1 unspecified atom stereocenters. The maximum absolute atomic E-state index is 10.6. The first-order valence-corrected chi connectivity index (χ1v) is 6.89. The van der Waals surface area contributed by atoms with Gasteiger partial charge in [-0.2, -0.15) is 0 Å². The maximum atomic E-state index is 10.6. The molecule has 0 heterocycles. The molecule has 4 heteroatoms. The lowest BCUT2D eigenvalue weighted by Crippen LogP contribution is -2.23. The molecule has 2 rings (SSSR count). The van der Waals surface area contributed by atoms with Gasteiger partial charge in [-0.15, -0.1) is 0 Å². The SMILES string of the molecule is NC(=O)COCC(N)c1ccc(Cc2ccccc2)cc1. The first kappa shape index (κ1) is 15.2. The molecule has 0 aliphatic carbocycles. The second-order valence-electron chi connectivity index (χ2n) is 4.99. The minimum atomic E-state index is -0.486. The molecule has 0 aromatic heterocycles. The number of hydrogen-bond donors (Lipinski definition) is 2. The van der Waals surface area contributed by atoms with Gasteiger partial charge >= 0.3 is 0 Å². The van der Waals surface area contributed by atoms with Crippen LogP contribution in [0.25, 0.3) is 0 Å². The van der Waals surface area contributed by atoms with E-state index in [0.717, 1.165) is 12.0 Å². The fourth-order valence-corrected chi connectivity index (χ4v) is 2.10. The van der Waals surface area contributed by atoms with Crippen LogP contribution in [0.2, 0.25) is 0 Å². The van der Waals surface area contributed by atoms with Gasteiger partial charge in [-0.1, -0.05) is 54.6 Å². The smallest absolute Gasteiger partial charge is 0.243 e. The van der Waals surface area contributed by atoms with Gasteiger partial charge in [-0.3, -0.25) is 4.79 Å². The Kier molecular flexibility index (Phi) is 5.49. The predicted octanol–water partition coefficient (Wildman–Crippen LogP) is 1.78. The summed E-state index contributed by atoms with van der Waals surface area (Å²) in [6.07, 6.45) is 0.897. The molecular weight excluding hydrogens is 264 g/mol. The number of benzene rings is 2. The van der Waals surface area contributed by atoms with Crippen LogP contribution in [-0.2, 0) is 16.0 Å². The van der Waals surface area contributed by atoms with Crippen LogP contribution in [0, 0.1) is 0 Å². The van der Waals surface area contributed by atoms with Crippen LogP contribution in [0.5, 0.6) is 0 Å². The van der Waals surface area contributed by atoms with Crippen molar-refractivity contribution in [2.75, 3.05) is 13.2 Å². The lowest BCUT2D eigenvalue weighted by atomic mass is 10.0. The summed E-state index contributed by atoms with van der Waals surface area (Å²) in [5.41, 5.74) is 14.5. The number of amides is 1. The minimum Gasteiger partial charge on any atom is -0.370 e. The summed E-state index contributed by atoms with van der Waals surface area (Å²) in [7, 11) is 0. The van der Waals surface area contributed by atoms with E-state index in [2.05, 4.69) is 24.3 Å². The van der Waals surface area contributed by atoms with E-state index in [9.17, 15) is 4.79 Å². The molecule has 0 saturated heterocycles. The van der Waals surface area contributed by atoms with Gasteiger partial charge in [-0.05, 0) is 23.1 Å². The number of hydrogen-bond acceptors (Lipinski definition) is 3. The van der Waals surface area contributed by atoms with Crippen molar-refractivity contribution >= 4 is 5.91 Å². The number of carbonyl (C=O) groups excluding carboxylic acids is 1. The van der Waals surface area contributed by atoms with Crippen molar-refractivity contribution in [3.63, 3.8) is 0 Å². The maximum Gasteiger partial charge on any atom is 0.243 e. The largest absolute Gasteiger partial charge is 0.370 e. The van der Waals surface area contributed by atoms with Gasteiger partial charge in [-0.25, -0.2) is 0 Å². The Labute approximate surface area is 124 Å². The average molecular weight is 284 g/mol. The topological polar surface area (TPSA) is 78.3 Å². The van der Waals surface area contributed by atoms with Gasteiger partial charge < -0.3 is 16.2 Å². The lowest BCUT2D eigenvalue weighted by molar-refractivity contribution is -0.122. The van der Waals surface area contributed by atoms with Crippen molar-refractivity contribution in [2.45, 2.75) is 12.5 Å². The fraction of sp³-hybridized carbons (Fsp3) is 0.235. The first-order valence-electron chi connectivity index (χ1n) is 6.89. The first-order chi connectivity index (χ1) is 10.1. The van der Waals surface area contributed by atoms with Crippen LogP contribution in [-0.4, -0.2) is 19.1 Å². The Hall–Kier alpha value is -2.17. The molecule has 0 aliphatic rings. The molecule has 0 saturated carbocycles. The molecule has 0 radical (unpaired) electrons. The van der Waals surface area contributed by atoms with E-state index in [-0.39, 0.29) is 19.3 Å². The third-order valence-corrected chi connectivity index (χ3v) is 3.20. The summed E-state index contributed by atoms with van der Waals surface area (Å²) in [6, 6.07) is 18.2. The van der Waals surface area contributed by atoms with Crippen molar-refractivity contribution in [3.8, 4) is 0 Å². The quantitative estimate of drug-likeness (QED) is 0.813. The Balaban J connectivity index is 1.90. The van der Waals surface area contributed by atoms with Crippen LogP contribution >= 0.6 is 0 Å². The molecule has 4 N–H and O–H groups in total. The second kappa shape index (κ2) is 7.57. The molecular formula is C17H20N2O2. The van der Waals surface area contributed by atoms with E-state index in [1.807, 2.05) is 30.3 Å². The van der Waals surface area contributed by atoms with Gasteiger partial charge in [0, 0.05) is 0 Å². The molecule has 4 nitrogen and oxygen atoms in total. The monoisotopic (exact) mass is 284 g/mol. The Morgan fingerprint density at radius 1 is 1.00 bits per heavy atom. The molecule has 2 aromatic rings. The number of primary amides is 1. The Morgan fingerprint density at radius 2 is 1.62 bits per heavy atom. The van der Waals surface area contributed by atoms with E-state index in [4.69, 9.17) is 16.2 Å². The van der Waals surface area contributed by atoms with E-state index < -0.39 is 5.91 Å². The van der Waals surface area contributed by atoms with E-state index in [1.54, 1.807) is 0 Å². The zero-order chi connectivity index (χ0) is 15.1. The van der Waals surface area contributed by atoms with Crippen LogP contribution in [0.15, 0.2) is 54.6 Å². The highest BCUT2D eigenvalue weighted by molar-refractivity contribution is 5.74. The lowest BCUT2D eigenvalue weighted by Gasteiger charge is -2.12. The van der Waals surface area contributed by atoms with Crippen molar-refractivity contribution in [1.82, 2.24) is 0 Å². The molecule has 110 valence electrons. The van der Waals surface area contributed by atoms with Crippen molar-refractivity contribution in [2.24, 2.45) is 11.5 Å². The second-order valence-corrected chi connectivity index (χ2v) is 4.99. The van der Waals surface area contributed by atoms with Crippen LogP contribution in [0.4, 0.5) is 0 Å². The van der Waals surface area contributed by atoms with Gasteiger partial charge in [0.25, 0.3) is 0 Å². The van der Waals surface area contributed by atoms with Gasteiger partial charge in [0.15, 0.2) is 0 Å².